The standard InChI is InChI=1S/C23H30ClN5O.C23H33N7O4S.2C20H27ClN6O4S/c1-17(2)25-21-7-12-29(26-21)22(30)27-13-9-23(10-14-27)8-4-11-28(23)16-19-5-6-20(24)18(3)15-19;1-17-3-4-18(15-20(17)28-8-5-19(6-9-28)22(24)31)16-27-11-13-29(14-12-27)23(32)30-10-7-21(25-30)26-35(2,33)34;2*1-32(30,31)23-19-5-7-27(22-19)20(29)25-10-8-24(9-11-25)13-15-2-3-17(21)18(12-15)26-6-4-16(28)14-26/h5-7,12,15H,1,4,8-11,13-14,16H2,2-3H3,(H,25,26);3-4,7,10,15,19H,5-6,8-9,11-14,16H2,1-2H3,(H2,24,31)(H,25,26);2*2-3,5,7,12,16,28H,4,6,8-11,13-14H2,1H3,(H,22,23)/t;;2*16-/m..10/s1. The van der Waals surface area contributed by atoms with Crippen molar-refractivity contribution in [3.8, 4) is 0 Å². The summed E-state index contributed by atoms with van der Waals surface area (Å²) in [6.45, 7) is 27.8. The Morgan fingerprint density at radius 2 is 0.775 bits per heavy atom. The molecule has 8 saturated heterocycles. The highest BCUT2D eigenvalue weighted by atomic mass is 35.5. The van der Waals surface area contributed by atoms with Crippen molar-refractivity contribution >= 4 is 135 Å². The van der Waals surface area contributed by atoms with Crippen LogP contribution in [0.25, 0.3) is 0 Å². The van der Waals surface area contributed by atoms with E-state index in [4.69, 9.17) is 40.5 Å². The lowest BCUT2D eigenvalue weighted by Gasteiger charge is -2.45. The summed E-state index contributed by atoms with van der Waals surface area (Å²) in [5, 5.41) is 41.2. The second kappa shape index (κ2) is 42.4. The number of carbonyl (C=O) groups is 5. The zero-order valence-electron chi connectivity index (χ0n) is 73.6. The van der Waals surface area contributed by atoms with Crippen LogP contribution >= 0.6 is 34.8 Å². The van der Waals surface area contributed by atoms with E-state index in [1.807, 2.05) is 42.2 Å². The Morgan fingerprint density at radius 3 is 1.14 bits per heavy atom. The monoisotopic (exact) mass is 1890 g/mol. The fourth-order valence-corrected chi connectivity index (χ4v) is 19.6. The third-order valence-electron chi connectivity index (χ3n) is 24.3. The number of hydrogen-bond donors (Lipinski definition) is 7. The predicted molar refractivity (Wildman–Crippen MR) is 500 cm³/mol. The number of piperazine rings is 3. The molecule has 8 N–H and O–H groups in total. The zero-order chi connectivity index (χ0) is 92.2. The number of benzene rings is 4. The Balaban J connectivity index is 0.000000147. The molecule has 0 saturated carbocycles. The third-order valence-corrected chi connectivity index (χ3v) is 27.1. The van der Waals surface area contributed by atoms with Crippen LogP contribution in [0.2, 0.25) is 15.1 Å². The number of sulfonamides is 3. The number of primary amides is 1. The highest BCUT2D eigenvalue weighted by Gasteiger charge is 2.44. The number of anilines is 7. The van der Waals surface area contributed by atoms with Crippen LogP contribution in [0.15, 0.2) is 134 Å². The number of hydrogen-bond acceptors (Lipinski definition) is 25. The number of amides is 5. The number of likely N-dealkylation sites (tertiary alicyclic amines) is 2. The number of carbonyl (C=O) groups excluding carboxylic acids is 5. The lowest BCUT2D eigenvalue weighted by atomic mass is 9.84. The van der Waals surface area contributed by atoms with Gasteiger partial charge in [0.1, 0.15) is 0 Å². The number of β-amino-alcohol motifs (C(OH)–C–C–N with tert-alkyl or cyclic N) is 2. The molecule has 8 aliphatic heterocycles. The Labute approximate surface area is 768 Å². The fraction of sp³-hybridized carbons (Fsp3) is 0.500. The van der Waals surface area contributed by atoms with Gasteiger partial charge in [-0.2, -0.15) is 18.7 Å². The van der Waals surface area contributed by atoms with Gasteiger partial charge in [-0.3, -0.25) is 38.6 Å². The van der Waals surface area contributed by atoms with Gasteiger partial charge in [-0.05, 0) is 148 Å². The molecular formula is C86H117Cl3N24O13S3. The summed E-state index contributed by atoms with van der Waals surface area (Å²) >= 11 is 19.0. The van der Waals surface area contributed by atoms with E-state index in [0.717, 1.165) is 195 Å². The van der Waals surface area contributed by atoms with Crippen LogP contribution in [0.5, 0.6) is 0 Å². The van der Waals surface area contributed by atoms with Gasteiger partial charge in [-0.15, -0.1) is 20.4 Å². The van der Waals surface area contributed by atoms with Gasteiger partial charge in [0.15, 0.2) is 23.3 Å². The molecule has 0 radical (unpaired) electrons. The second-order valence-electron chi connectivity index (χ2n) is 34.5. The number of aliphatic hydroxyl groups excluding tert-OH is 2. The van der Waals surface area contributed by atoms with Crippen LogP contribution in [-0.2, 0) is 61.0 Å². The number of rotatable bonds is 20. The normalized spacial score (nSPS) is 19.2. The topological polar surface area (TPSA) is 409 Å². The fourth-order valence-electron chi connectivity index (χ4n) is 17.6. The van der Waals surface area contributed by atoms with Gasteiger partial charge in [0.25, 0.3) is 0 Å². The Bertz CT molecular complexity index is 5490. The molecule has 1 spiro atoms. The van der Waals surface area contributed by atoms with Crippen LogP contribution in [0.4, 0.5) is 59.5 Å². The molecule has 43 heteroatoms. The van der Waals surface area contributed by atoms with Crippen LogP contribution in [-0.4, -0.2) is 318 Å². The summed E-state index contributed by atoms with van der Waals surface area (Å²) in [7, 11) is -10.3. The summed E-state index contributed by atoms with van der Waals surface area (Å²) < 4.78 is 79.6. The number of aromatic nitrogens is 8. The number of nitrogens with one attached hydrogen (secondary N) is 4. The molecule has 2 atom stereocenters. The van der Waals surface area contributed by atoms with E-state index in [1.165, 1.54) is 76.7 Å². The van der Waals surface area contributed by atoms with Crippen molar-refractivity contribution in [2.75, 3.05) is 190 Å². The summed E-state index contributed by atoms with van der Waals surface area (Å²) in [6, 6.07) is 30.1. The largest absolute Gasteiger partial charge is 0.391 e. The van der Waals surface area contributed by atoms with Crippen molar-refractivity contribution in [2.24, 2.45) is 11.7 Å². The summed E-state index contributed by atoms with van der Waals surface area (Å²) in [5.41, 5.74) is 16.7. The van der Waals surface area contributed by atoms with E-state index in [1.54, 1.807) is 27.0 Å². The van der Waals surface area contributed by atoms with Gasteiger partial charge in [0.05, 0.1) is 52.4 Å². The molecule has 698 valence electrons. The molecule has 0 aliphatic carbocycles. The van der Waals surface area contributed by atoms with Crippen LogP contribution in [0.3, 0.4) is 0 Å². The number of aliphatic hydroxyl groups is 2. The Hall–Kier alpha value is -10.1. The number of halogens is 3. The first kappa shape index (κ1) is 96.4. The van der Waals surface area contributed by atoms with Crippen molar-refractivity contribution in [3.63, 3.8) is 0 Å². The molecule has 4 aromatic heterocycles. The lowest BCUT2D eigenvalue weighted by molar-refractivity contribution is -0.122. The molecule has 8 aromatic rings. The van der Waals surface area contributed by atoms with Crippen molar-refractivity contribution < 1.29 is 59.4 Å². The van der Waals surface area contributed by atoms with E-state index < -0.39 is 30.1 Å². The van der Waals surface area contributed by atoms with Crippen LogP contribution in [0, 0.1) is 19.8 Å². The molecular weight excluding hydrogens is 1780 g/mol. The van der Waals surface area contributed by atoms with Gasteiger partial charge < -0.3 is 55.6 Å². The van der Waals surface area contributed by atoms with Crippen LogP contribution in [0.1, 0.15) is 91.7 Å². The minimum atomic E-state index is -3.45. The molecule has 16 rings (SSSR count). The molecule has 0 unspecified atom stereocenters. The van der Waals surface area contributed by atoms with Crippen molar-refractivity contribution in [1.82, 2.24) is 78.3 Å². The van der Waals surface area contributed by atoms with Crippen LogP contribution < -0.4 is 39.9 Å². The molecule has 12 heterocycles. The van der Waals surface area contributed by atoms with Gasteiger partial charge in [-0.25, -0.2) is 44.4 Å². The Morgan fingerprint density at radius 1 is 0.426 bits per heavy atom. The van der Waals surface area contributed by atoms with E-state index >= 15 is 0 Å². The lowest BCUT2D eigenvalue weighted by Crippen LogP contribution is -2.53. The quantitative estimate of drug-likeness (QED) is 0.0376. The summed E-state index contributed by atoms with van der Waals surface area (Å²) in [5.74, 6) is 0.759. The maximum Gasteiger partial charge on any atom is 0.344 e. The van der Waals surface area contributed by atoms with E-state index in [0.29, 0.717) is 94.4 Å². The molecule has 4 aromatic carbocycles. The average Bonchev–Trinajstić information content (AvgIpc) is 1.65. The molecule has 0 bridgehead atoms. The zero-order valence-corrected chi connectivity index (χ0v) is 78.4. The van der Waals surface area contributed by atoms with Crippen molar-refractivity contribution in [3.05, 3.63) is 183 Å². The molecule has 5 amide bonds. The van der Waals surface area contributed by atoms with Crippen molar-refractivity contribution in [2.45, 2.75) is 116 Å². The summed E-state index contributed by atoms with van der Waals surface area (Å²) in [4.78, 5) is 85.6. The first-order valence-corrected chi connectivity index (χ1v) is 50.1. The first-order chi connectivity index (χ1) is 61.3. The maximum absolute atomic E-state index is 12.9. The first-order valence-electron chi connectivity index (χ1n) is 43.3. The number of nitrogens with two attached hydrogens (primary N) is 1. The van der Waals surface area contributed by atoms with Gasteiger partial charge in [0.2, 0.25) is 36.0 Å². The minimum absolute atomic E-state index is 0.0296. The van der Waals surface area contributed by atoms with E-state index in [9.17, 15) is 59.4 Å². The van der Waals surface area contributed by atoms with Crippen molar-refractivity contribution in [1.29, 1.82) is 0 Å². The molecule has 8 fully saturated rings. The number of piperidine rings is 2. The van der Waals surface area contributed by atoms with Gasteiger partial charge in [0, 0.05) is 234 Å². The minimum Gasteiger partial charge on any atom is -0.391 e. The van der Waals surface area contributed by atoms with Gasteiger partial charge >= 0.3 is 24.1 Å². The number of nitrogens with zero attached hydrogens (tertiary/aromatic N) is 19. The number of aryl methyl sites for hydroxylation is 2. The molecule has 37 nitrogen and oxygen atoms in total. The Kier molecular flexibility index (Phi) is 31.7. The highest BCUT2D eigenvalue weighted by Crippen LogP contribution is 2.41. The smallest absolute Gasteiger partial charge is 0.344 e. The third kappa shape index (κ3) is 26.6. The molecule has 8 aliphatic rings. The predicted octanol–water partition coefficient (Wildman–Crippen LogP) is 8.47. The highest BCUT2D eigenvalue weighted by molar-refractivity contribution is 7.92. The van der Waals surface area contributed by atoms with E-state index in [2.05, 4.69) is 137 Å². The number of allylic oxidation sites excluding steroid dienone is 1. The van der Waals surface area contributed by atoms with Gasteiger partial charge in [-0.1, -0.05) is 77.8 Å². The second-order valence-corrected chi connectivity index (χ2v) is 41.0. The summed E-state index contributed by atoms with van der Waals surface area (Å²) in [6.07, 6.45) is 16.1. The average molecular weight is 1900 g/mol. The van der Waals surface area contributed by atoms with E-state index in [-0.39, 0.29) is 71.1 Å². The molecule has 129 heavy (non-hydrogen) atoms. The maximum atomic E-state index is 12.9. The SMILES string of the molecule is C=C(C)Nc1ccn(C(=O)N2CCC3(CCCN3Cc3ccc(Cl)c(C)c3)CC2)n1.CS(=O)(=O)Nc1ccn(C(=O)N2CCN(Cc3ccc(Cl)c(N4CC[C@@H](O)C4)c3)CC2)n1.CS(=O)(=O)Nc1ccn(C(=O)N2CCN(Cc3ccc(Cl)c(N4CC[C@H](O)C4)c3)CC2)n1.Cc1ccc(CN2CCN(C(=O)n3ccc(NS(C)(=O)=O)n3)CC2)cc1N1CCC(C(N)=O)CC1.